The van der Waals surface area contributed by atoms with Gasteiger partial charge >= 0.3 is 12.1 Å². The molecule has 3 aliphatic heterocycles. The molecule has 1 saturated heterocycles. The Kier molecular flexibility index (Phi) is 8.46. The second kappa shape index (κ2) is 12.5. The minimum Gasteiger partial charge on any atom is -0.469 e. The number of anilines is 2. The molecular weight excluding hydrogens is 603 g/mol. The molecule has 0 aliphatic carbocycles. The van der Waals surface area contributed by atoms with E-state index in [0.717, 1.165) is 0 Å². The zero-order chi connectivity index (χ0) is 31.7. The number of likely N-dealkylation sites (tertiary alicyclic amines) is 1. The number of rotatable bonds is 3. The van der Waals surface area contributed by atoms with Crippen LogP contribution in [0.1, 0.15) is 61.3 Å². The lowest BCUT2D eigenvalue weighted by molar-refractivity contribution is -0.141. The number of benzene rings is 2. The van der Waals surface area contributed by atoms with E-state index in [1.807, 2.05) is 6.07 Å². The van der Waals surface area contributed by atoms with Crippen LogP contribution in [0.3, 0.4) is 0 Å². The first-order valence-electron chi connectivity index (χ1n) is 14.9. The zero-order valence-electron chi connectivity index (χ0n) is 24.7. The highest BCUT2D eigenvalue weighted by Gasteiger charge is 2.49. The first kappa shape index (κ1) is 30.5. The molecule has 234 valence electrons. The molecule has 1 fully saturated rings. The number of carbonyl (C=O) groups is 4. The van der Waals surface area contributed by atoms with Crippen molar-refractivity contribution in [2.75, 3.05) is 30.8 Å². The molecule has 6 rings (SSSR count). The van der Waals surface area contributed by atoms with E-state index in [4.69, 9.17) is 26.1 Å². The topological polar surface area (TPSA) is 127 Å². The normalized spacial score (nSPS) is 21.2. The van der Waals surface area contributed by atoms with Crippen LogP contribution in [0.5, 0.6) is 0 Å². The number of pyridine rings is 1. The second-order valence-corrected chi connectivity index (χ2v) is 12.0. The van der Waals surface area contributed by atoms with E-state index in [-0.39, 0.29) is 47.5 Å². The van der Waals surface area contributed by atoms with Gasteiger partial charge in [-0.15, -0.1) is 0 Å². The number of methoxy groups -OCH3 is 1. The number of halogens is 2. The van der Waals surface area contributed by atoms with E-state index in [2.05, 4.69) is 10.6 Å². The summed E-state index contributed by atoms with van der Waals surface area (Å²) in [5.74, 6) is -2.13. The Labute approximate surface area is 264 Å². The van der Waals surface area contributed by atoms with Crippen molar-refractivity contribution in [2.24, 2.45) is 0 Å². The number of ether oxygens (including phenoxy) is 2. The van der Waals surface area contributed by atoms with Crippen molar-refractivity contribution >= 4 is 46.9 Å². The SMILES string of the molecule is COC(=O)Cc1ccc2c(c1)NC(=O)CCCCC(C(=O)N1CCC[C@@]3(C1)OC(=O)Nc1ccc(Cl)c(F)c13)c1cccc-2n1. The third-order valence-electron chi connectivity index (χ3n) is 8.62. The average Bonchev–Trinajstić information content (AvgIpc) is 3.02. The summed E-state index contributed by atoms with van der Waals surface area (Å²) in [7, 11) is 1.32. The number of nitrogens with zero attached hydrogens (tertiary/aromatic N) is 2. The standard InChI is InChI=1S/C33H32ClFN4O6/c1-44-28(41)17-19-10-11-20-23-7-4-8-24(36-23)21(6-2-3-9-27(40)37-26(20)16-19)31(42)39-15-5-14-33(18-39)29-25(38-32(43)45-33)13-12-22(34)30(29)35/h4,7-8,10-13,16,21H,2-3,5-6,9,14-15,17-18H2,1H3,(H,37,40)(H,38,43)/t21?,33-/m0/s1. The number of fused-ring (bicyclic) bond motifs is 6. The van der Waals surface area contributed by atoms with Gasteiger partial charge in [-0.1, -0.05) is 36.2 Å². The molecule has 2 aromatic carbocycles. The Morgan fingerprint density at radius 3 is 2.78 bits per heavy atom. The fourth-order valence-corrected chi connectivity index (χ4v) is 6.65. The second-order valence-electron chi connectivity index (χ2n) is 11.6. The van der Waals surface area contributed by atoms with Crippen LogP contribution in [-0.4, -0.2) is 54.0 Å². The molecule has 0 radical (unpaired) electrons. The third-order valence-corrected chi connectivity index (χ3v) is 8.92. The molecule has 12 heteroatoms. The lowest BCUT2D eigenvalue weighted by Crippen LogP contribution is -2.54. The molecule has 4 heterocycles. The highest BCUT2D eigenvalue weighted by Crippen LogP contribution is 2.46. The number of hydrogen-bond donors (Lipinski definition) is 2. The van der Waals surface area contributed by atoms with Crippen LogP contribution in [0.2, 0.25) is 5.02 Å². The predicted molar refractivity (Wildman–Crippen MR) is 164 cm³/mol. The van der Waals surface area contributed by atoms with Gasteiger partial charge in [0.2, 0.25) is 11.8 Å². The Bertz CT molecular complexity index is 1700. The largest absolute Gasteiger partial charge is 0.469 e. The first-order valence-corrected chi connectivity index (χ1v) is 15.3. The van der Waals surface area contributed by atoms with E-state index < -0.39 is 29.4 Å². The number of nitrogens with one attached hydrogen (secondary N) is 2. The van der Waals surface area contributed by atoms with Gasteiger partial charge in [0.05, 0.1) is 59.3 Å². The molecule has 45 heavy (non-hydrogen) atoms. The summed E-state index contributed by atoms with van der Waals surface area (Å²) in [5, 5.41) is 5.42. The number of piperidine rings is 1. The fraction of sp³-hybridized carbons (Fsp3) is 0.364. The van der Waals surface area contributed by atoms with Gasteiger partial charge in [-0.25, -0.2) is 9.18 Å². The van der Waals surface area contributed by atoms with Gasteiger partial charge in [-0.2, -0.15) is 0 Å². The number of esters is 1. The fourth-order valence-electron chi connectivity index (χ4n) is 6.49. The van der Waals surface area contributed by atoms with Gasteiger partial charge < -0.3 is 19.7 Å². The summed E-state index contributed by atoms with van der Waals surface area (Å²) < 4.78 is 26.0. The van der Waals surface area contributed by atoms with E-state index in [1.165, 1.54) is 13.2 Å². The molecule has 1 spiro atoms. The molecule has 3 aliphatic rings. The minimum absolute atomic E-state index is 0.0338. The van der Waals surface area contributed by atoms with Crippen molar-refractivity contribution in [1.82, 2.24) is 9.88 Å². The maximum absolute atomic E-state index is 15.4. The van der Waals surface area contributed by atoms with Crippen molar-refractivity contribution in [2.45, 2.75) is 56.5 Å². The minimum atomic E-state index is -1.39. The van der Waals surface area contributed by atoms with Crippen LogP contribution in [0.15, 0.2) is 48.5 Å². The van der Waals surface area contributed by atoms with Crippen LogP contribution in [0.4, 0.5) is 20.6 Å². The number of hydrogen-bond acceptors (Lipinski definition) is 7. The number of aromatic nitrogens is 1. The van der Waals surface area contributed by atoms with Crippen LogP contribution in [0.25, 0.3) is 11.3 Å². The molecule has 0 saturated carbocycles. The van der Waals surface area contributed by atoms with Gasteiger partial charge in [0.25, 0.3) is 0 Å². The molecule has 2 atom stereocenters. The zero-order valence-corrected chi connectivity index (χ0v) is 25.4. The maximum Gasteiger partial charge on any atom is 0.412 e. The summed E-state index contributed by atoms with van der Waals surface area (Å²) in [4.78, 5) is 58.2. The third kappa shape index (κ3) is 6.09. The molecule has 10 nitrogen and oxygen atoms in total. The van der Waals surface area contributed by atoms with Gasteiger partial charge in [0.15, 0.2) is 11.4 Å². The van der Waals surface area contributed by atoms with Crippen molar-refractivity contribution in [3.05, 3.63) is 76.2 Å². The van der Waals surface area contributed by atoms with Gasteiger partial charge in [0.1, 0.15) is 0 Å². The molecular formula is C33H32ClFN4O6. The first-order chi connectivity index (χ1) is 21.7. The molecule has 1 unspecified atom stereocenters. The molecule has 2 N–H and O–H groups in total. The van der Waals surface area contributed by atoms with E-state index in [9.17, 15) is 19.2 Å². The summed E-state index contributed by atoms with van der Waals surface area (Å²) in [5.41, 5.74) is 1.97. The molecule has 3 aromatic rings. The van der Waals surface area contributed by atoms with E-state index >= 15 is 4.39 Å². The summed E-state index contributed by atoms with van der Waals surface area (Å²) in [6.45, 7) is 0.362. The van der Waals surface area contributed by atoms with E-state index in [1.54, 1.807) is 41.3 Å². The monoisotopic (exact) mass is 634 g/mol. The van der Waals surface area contributed by atoms with Crippen molar-refractivity contribution in [3.63, 3.8) is 0 Å². The lowest BCUT2D eigenvalue weighted by Gasteiger charge is -2.45. The summed E-state index contributed by atoms with van der Waals surface area (Å²) in [6.07, 6.45) is 1.94. The van der Waals surface area contributed by atoms with Gasteiger partial charge in [-0.05, 0) is 61.6 Å². The van der Waals surface area contributed by atoms with E-state index in [0.29, 0.717) is 66.9 Å². The number of amides is 3. The average molecular weight is 635 g/mol. The van der Waals surface area contributed by atoms with Gasteiger partial charge in [0, 0.05) is 18.5 Å². The lowest BCUT2D eigenvalue weighted by atomic mass is 9.82. The van der Waals surface area contributed by atoms with Crippen LogP contribution in [0, 0.1) is 5.82 Å². The number of carbonyl (C=O) groups excluding carboxylic acids is 4. The molecule has 1 aromatic heterocycles. The quantitative estimate of drug-likeness (QED) is 0.342. The van der Waals surface area contributed by atoms with Crippen molar-refractivity contribution < 1.29 is 33.0 Å². The maximum atomic E-state index is 15.4. The van der Waals surface area contributed by atoms with Crippen molar-refractivity contribution in [3.8, 4) is 11.3 Å². The smallest absolute Gasteiger partial charge is 0.412 e. The Balaban J connectivity index is 1.35. The summed E-state index contributed by atoms with van der Waals surface area (Å²) in [6, 6.07) is 13.7. The highest BCUT2D eigenvalue weighted by atomic mass is 35.5. The van der Waals surface area contributed by atoms with Crippen LogP contribution >= 0.6 is 11.6 Å². The Morgan fingerprint density at radius 1 is 1.11 bits per heavy atom. The van der Waals surface area contributed by atoms with Crippen LogP contribution in [-0.2, 0) is 35.9 Å². The Morgan fingerprint density at radius 2 is 1.96 bits per heavy atom. The van der Waals surface area contributed by atoms with Crippen molar-refractivity contribution in [1.29, 1.82) is 0 Å². The molecule has 3 amide bonds. The highest BCUT2D eigenvalue weighted by molar-refractivity contribution is 6.31. The van der Waals surface area contributed by atoms with Gasteiger partial charge in [-0.3, -0.25) is 24.7 Å². The predicted octanol–water partition coefficient (Wildman–Crippen LogP) is 5.93. The Hall–Kier alpha value is -4.51. The summed E-state index contributed by atoms with van der Waals surface area (Å²) >= 11 is 6.13. The molecule has 2 bridgehead atoms. The van der Waals surface area contributed by atoms with Crippen LogP contribution < -0.4 is 10.6 Å².